The predicted molar refractivity (Wildman–Crippen MR) is 45.2 cm³/mol. The molecule has 54 valence electrons. The molecule has 0 spiro atoms. The SMILES string of the molecule is CCCC[B-]CCCC.[Li+]. The van der Waals surface area contributed by atoms with Crippen LogP contribution in [-0.4, -0.2) is 7.28 Å². The first-order chi connectivity index (χ1) is 4.41. The molecule has 0 aliphatic rings. The summed E-state index contributed by atoms with van der Waals surface area (Å²) in [6.45, 7) is 4.49. The zero-order chi connectivity index (χ0) is 6.95. The Kier molecular flexibility index (Phi) is 16.4. The van der Waals surface area contributed by atoms with Gasteiger partial charge in [-0.05, 0) is 0 Å². The first-order valence-corrected chi connectivity index (χ1v) is 4.23. The third-order valence-corrected chi connectivity index (χ3v) is 1.52. The van der Waals surface area contributed by atoms with Gasteiger partial charge >= 0.3 is 18.9 Å². The third kappa shape index (κ3) is 11.5. The van der Waals surface area contributed by atoms with E-state index in [1.54, 1.807) is 0 Å². The molecule has 0 bridgehead atoms. The molecule has 0 fully saturated rings. The Balaban J connectivity index is 0. The molecular formula is C8H18BLi. The van der Waals surface area contributed by atoms with Crippen LogP contribution < -0.4 is 18.9 Å². The molecule has 0 aromatic rings. The monoisotopic (exact) mass is 132 g/mol. The summed E-state index contributed by atoms with van der Waals surface area (Å²) in [4.78, 5) is 0. The summed E-state index contributed by atoms with van der Waals surface area (Å²) < 4.78 is 0. The van der Waals surface area contributed by atoms with Crippen LogP contribution in [0.3, 0.4) is 0 Å². The zero-order valence-electron chi connectivity index (χ0n) is 7.82. The third-order valence-electron chi connectivity index (χ3n) is 1.52. The fourth-order valence-corrected chi connectivity index (χ4v) is 0.841. The second kappa shape index (κ2) is 12.3. The van der Waals surface area contributed by atoms with Crippen molar-refractivity contribution in [3.63, 3.8) is 0 Å². The van der Waals surface area contributed by atoms with Gasteiger partial charge in [-0.25, -0.2) is 12.6 Å². The predicted octanol–water partition coefficient (Wildman–Crippen LogP) is 0.131. The number of hydrogen-bond acceptors (Lipinski definition) is 0. The van der Waals surface area contributed by atoms with E-state index in [9.17, 15) is 0 Å². The van der Waals surface area contributed by atoms with Gasteiger partial charge in [-0.2, -0.15) is 0 Å². The first-order valence-electron chi connectivity index (χ1n) is 4.23. The fraction of sp³-hybridized carbons (Fsp3) is 1.00. The number of unbranched alkanes of at least 4 members (excludes halogenated alkanes) is 2. The summed E-state index contributed by atoms with van der Waals surface area (Å²) >= 11 is 0. The minimum absolute atomic E-state index is 0. The minimum atomic E-state index is 0. The molecule has 2 radical (unpaired) electrons. The molecule has 0 amide bonds. The Labute approximate surface area is 78.6 Å². The molecule has 0 aliphatic heterocycles. The van der Waals surface area contributed by atoms with Gasteiger partial charge in [0.1, 0.15) is 0 Å². The van der Waals surface area contributed by atoms with Crippen molar-refractivity contribution >= 4 is 7.28 Å². The molecule has 0 unspecified atom stereocenters. The van der Waals surface area contributed by atoms with E-state index in [1.165, 1.54) is 38.3 Å². The number of rotatable bonds is 6. The Morgan fingerprint density at radius 3 is 1.60 bits per heavy atom. The van der Waals surface area contributed by atoms with E-state index in [0.29, 0.717) is 0 Å². The van der Waals surface area contributed by atoms with Crippen LogP contribution in [0.4, 0.5) is 0 Å². The van der Waals surface area contributed by atoms with Crippen LogP contribution in [0.2, 0.25) is 12.6 Å². The van der Waals surface area contributed by atoms with Gasteiger partial charge in [0.25, 0.3) is 0 Å². The van der Waals surface area contributed by atoms with Crippen molar-refractivity contribution in [2.24, 2.45) is 0 Å². The molecule has 0 N–H and O–H groups in total. The van der Waals surface area contributed by atoms with Crippen LogP contribution in [0.25, 0.3) is 0 Å². The standard InChI is InChI=1S/C8H18B.Li/c1-3-5-7-9-8-6-4-2;/h3-8H2,1-2H3;/q-1;+1. The molecular weight excluding hydrogens is 114 g/mol. The van der Waals surface area contributed by atoms with Gasteiger partial charge in [-0.1, -0.05) is 39.5 Å². The van der Waals surface area contributed by atoms with Crippen molar-refractivity contribution in [2.75, 3.05) is 0 Å². The first kappa shape index (κ1) is 13.3. The van der Waals surface area contributed by atoms with E-state index >= 15 is 0 Å². The van der Waals surface area contributed by atoms with Gasteiger partial charge in [0.15, 0.2) is 0 Å². The van der Waals surface area contributed by atoms with E-state index in [2.05, 4.69) is 21.1 Å². The second-order valence-electron chi connectivity index (χ2n) is 2.57. The van der Waals surface area contributed by atoms with Gasteiger partial charge in [0, 0.05) is 0 Å². The topological polar surface area (TPSA) is 0 Å². The average molecular weight is 132 g/mol. The van der Waals surface area contributed by atoms with Crippen molar-refractivity contribution in [3.05, 3.63) is 0 Å². The summed E-state index contributed by atoms with van der Waals surface area (Å²) in [6, 6.07) is 0. The molecule has 10 heavy (non-hydrogen) atoms. The summed E-state index contributed by atoms with van der Waals surface area (Å²) in [7, 11) is 2.42. The van der Waals surface area contributed by atoms with Crippen LogP contribution in [0.15, 0.2) is 0 Å². The van der Waals surface area contributed by atoms with Gasteiger partial charge < -0.3 is 7.28 Å². The number of hydrogen-bond donors (Lipinski definition) is 0. The maximum Gasteiger partial charge on any atom is 1.00 e. The molecule has 0 aromatic heterocycles. The van der Waals surface area contributed by atoms with Crippen LogP contribution >= 0.6 is 0 Å². The molecule has 0 aromatic carbocycles. The van der Waals surface area contributed by atoms with Gasteiger partial charge in [0.2, 0.25) is 0 Å². The smallest absolute Gasteiger partial charge is 0.336 e. The van der Waals surface area contributed by atoms with Crippen LogP contribution in [0, 0.1) is 0 Å². The summed E-state index contributed by atoms with van der Waals surface area (Å²) in [5.41, 5.74) is 0. The van der Waals surface area contributed by atoms with Gasteiger partial charge in [-0.15, -0.1) is 0 Å². The second-order valence-corrected chi connectivity index (χ2v) is 2.57. The summed E-state index contributed by atoms with van der Waals surface area (Å²) in [5.74, 6) is 0. The molecule has 0 saturated carbocycles. The molecule has 0 rings (SSSR count). The van der Waals surface area contributed by atoms with E-state index in [0.717, 1.165) is 0 Å². The van der Waals surface area contributed by atoms with Gasteiger partial charge in [0.05, 0.1) is 0 Å². The molecule has 0 nitrogen and oxygen atoms in total. The van der Waals surface area contributed by atoms with Gasteiger partial charge in [-0.3, -0.25) is 0 Å². The van der Waals surface area contributed by atoms with E-state index in [4.69, 9.17) is 0 Å². The Morgan fingerprint density at radius 1 is 0.900 bits per heavy atom. The van der Waals surface area contributed by atoms with Crippen LogP contribution in [0.5, 0.6) is 0 Å². The molecule has 0 heterocycles. The maximum absolute atomic E-state index is 2.42. The van der Waals surface area contributed by atoms with Crippen molar-refractivity contribution in [3.8, 4) is 0 Å². The summed E-state index contributed by atoms with van der Waals surface area (Å²) in [5, 5.41) is 0. The normalized spacial score (nSPS) is 9.00. The Morgan fingerprint density at radius 2 is 1.30 bits per heavy atom. The minimum Gasteiger partial charge on any atom is -0.336 e. The molecule has 0 atom stereocenters. The van der Waals surface area contributed by atoms with Crippen LogP contribution in [0.1, 0.15) is 39.5 Å². The van der Waals surface area contributed by atoms with Crippen molar-refractivity contribution in [1.29, 1.82) is 0 Å². The zero-order valence-corrected chi connectivity index (χ0v) is 7.82. The Bertz CT molecular complexity index is 42.5. The maximum atomic E-state index is 2.42. The van der Waals surface area contributed by atoms with Crippen molar-refractivity contribution in [1.82, 2.24) is 0 Å². The molecule has 2 heteroatoms. The Hall–Kier alpha value is 0.662. The fourth-order valence-electron chi connectivity index (χ4n) is 0.841. The van der Waals surface area contributed by atoms with Crippen molar-refractivity contribution in [2.45, 2.75) is 52.2 Å². The van der Waals surface area contributed by atoms with E-state index in [-0.39, 0.29) is 18.9 Å². The molecule has 0 aliphatic carbocycles. The average Bonchev–Trinajstić information content (AvgIpc) is 1.89. The van der Waals surface area contributed by atoms with E-state index < -0.39 is 0 Å². The quantitative estimate of drug-likeness (QED) is 0.356. The largest absolute Gasteiger partial charge is 1.00 e. The molecule has 0 saturated heterocycles. The van der Waals surface area contributed by atoms with E-state index in [1.807, 2.05) is 0 Å². The summed E-state index contributed by atoms with van der Waals surface area (Å²) in [6.07, 6.45) is 8.09. The van der Waals surface area contributed by atoms with Crippen LogP contribution in [-0.2, 0) is 0 Å². The van der Waals surface area contributed by atoms with Crippen molar-refractivity contribution < 1.29 is 18.9 Å².